The van der Waals surface area contributed by atoms with Gasteiger partial charge in [0, 0.05) is 74.1 Å². The number of aromatic nitrogens is 3. The van der Waals surface area contributed by atoms with E-state index in [2.05, 4.69) is 21.9 Å². The maximum Gasteiger partial charge on any atom is 0.352 e. The lowest BCUT2D eigenvalue weighted by atomic mass is 9.98. The highest BCUT2D eigenvalue weighted by Crippen LogP contribution is 2.39. The summed E-state index contributed by atoms with van der Waals surface area (Å²) in [7, 11) is 1.84. The van der Waals surface area contributed by atoms with Crippen molar-refractivity contribution >= 4 is 29.0 Å². The number of allylic oxidation sites excluding steroid dienone is 1. The number of nitrogens with one attached hydrogen (secondary N) is 1. The Morgan fingerprint density at radius 2 is 1.93 bits per heavy atom. The number of rotatable bonds is 12. The van der Waals surface area contributed by atoms with Gasteiger partial charge in [-0.25, -0.2) is 9.18 Å². The van der Waals surface area contributed by atoms with Crippen LogP contribution in [-0.2, 0) is 20.0 Å². The predicted octanol–water partition coefficient (Wildman–Crippen LogP) is 6.09. The van der Waals surface area contributed by atoms with E-state index in [1.165, 1.54) is 6.07 Å². The molecule has 0 saturated carbocycles. The highest BCUT2D eigenvalue weighted by molar-refractivity contribution is 6.04. The monoisotopic (exact) mass is 599 g/mol. The summed E-state index contributed by atoms with van der Waals surface area (Å²) in [6.45, 7) is 14.7. The molecule has 3 heterocycles. The first kappa shape index (κ1) is 31.2. The largest absolute Gasteiger partial charge is 0.493 e. The van der Waals surface area contributed by atoms with Crippen molar-refractivity contribution in [1.29, 1.82) is 0 Å². The average Bonchev–Trinajstić information content (AvgIpc) is 3.47. The van der Waals surface area contributed by atoms with E-state index in [0.717, 1.165) is 54.1 Å². The molecule has 1 saturated heterocycles. The lowest BCUT2D eigenvalue weighted by Gasteiger charge is -2.27. The Morgan fingerprint density at radius 1 is 1.16 bits per heavy atom. The molecule has 1 fully saturated rings. The summed E-state index contributed by atoms with van der Waals surface area (Å²) >= 11 is 0. The molecule has 1 aliphatic rings. The SMILES string of the molecule is C=Cc1cccc(OCCCc2c(C(=O)O)n(CCN3CCNCC3)c3c(-c4c(C)nn(C)c4C)c(F)ccc23)c1/C=C\C. The third-order valence-electron chi connectivity index (χ3n) is 8.57. The number of benzene rings is 2. The predicted molar refractivity (Wildman–Crippen MR) is 175 cm³/mol. The third-order valence-corrected chi connectivity index (χ3v) is 8.57. The minimum absolute atomic E-state index is 0.212. The van der Waals surface area contributed by atoms with Gasteiger partial charge in [0.05, 0.1) is 17.8 Å². The van der Waals surface area contributed by atoms with Gasteiger partial charge >= 0.3 is 5.97 Å². The van der Waals surface area contributed by atoms with Crippen LogP contribution in [0.1, 0.15) is 51.9 Å². The molecule has 0 bridgehead atoms. The lowest BCUT2D eigenvalue weighted by molar-refractivity contribution is 0.0683. The topological polar surface area (TPSA) is 84.6 Å². The Balaban J connectivity index is 1.56. The molecule has 0 amide bonds. The van der Waals surface area contributed by atoms with Crippen molar-refractivity contribution in [3.05, 3.63) is 82.6 Å². The van der Waals surface area contributed by atoms with E-state index in [1.54, 1.807) is 16.8 Å². The smallest absolute Gasteiger partial charge is 0.352 e. The quantitative estimate of drug-likeness (QED) is 0.192. The van der Waals surface area contributed by atoms with Gasteiger partial charge in [-0.2, -0.15) is 5.10 Å². The maximum absolute atomic E-state index is 15.9. The summed E-state index contributed by atoms with van der Waals surface area (Å²) < 4.78 is 25.7. The van der Waals surface area contributed by atoms with Crippen LogP contribution in [-0.4, -0.2) is 69.7 Å². The number of aryl methyl sites for hydroxylation is 3. The second-order valence-electron chi connectivity index (χ2n) is 11.3. The number of carbonyl (C=O) groups is 1. The molecule has 9 heteroatoms. The number of nitrogens with zero attached hydrogens (tertiary/aromatic N) is 4. The number of ether oxygens (including phenoxy) is 1. The number of hydrogen-bond acceptors (Lipinski definition) is 5. The number of hydrogen-bond donors (Lipinski definition) is 2. The van der Waals surface area contributed by atoms with Crippen molar-refractivity contribution in [1.82, 2.24) is 24.6 Å². The number of aromatic carboxylic acids is 1. The highest BCUT2D eigenvalue weighted by Gasteiger charge is 2.28. The fourth-order valence-corrected chi connectivity index (χ4v) is 6.40. The van der Waals surface area contributed by atoms with Gasteiger partial charge in [0.2, 0.25) is 0 Å². The van der Waals surface area contributed by atoms with Crippen LogP contribution in [0.4, 0.5) is 4.39 Å². The van der Waals surface area contributed by atoms with Crippen LogP contribution >= 0.6 is 0 Å². The Bertz CT molecular complexity index is 1710. The fourth-order valence-electron chi connectivity index (χ4n) is 6.40. The van der Waals surface area contributed by atoms with Crippen molar-refractivity contribution in [2.45, 2.75) is 40.2 Å². The molecule has 4 aromatic rings. The van der Waals surface area contributed by atoms with Crippen molar-refractivity contribution in [2.24, 2.45) is 7.05 Å². The van der Waals surface area contributed by atoms with Gasteiger partial charge < -0.3 is 19.7 Å². The summed E-state index contributed by atoms with van der Waals surface area (Å²) in [5.41, 5.74) is 6.12. The first-order valence-electron chi connectivity index (χ1n) is 15.3. The van der Waals surface area contributed by atoms with Crippen LogP contribution in [0, 0.1) is 19.7 Å². The fraction of sp³-hybridized carbons (Fsp3) is 0.371. The van der Waals surface area contributed by atoms with Gasteiger partial charge in [-0.05, 0) is 62.9 Å². The van der Waals surface area contributed by atoms with Crippen LogP contribution in [0.2, 0.25) is 0 Å². The minimum atomic E-state index is -1.02. The first-order chi connectivity index (χ1) is 21.3. The number of piperazine rings is 1. The Hall–Kier alpha value is -4.21. The average molecular weight is 600 g/mol. The third kappa shape index (κ3) is 6.07. The molecule has 2 N–H and O–H groups in total. The van der Waals surface area contributed by atoms with E-state index in [0.29, 0.717) is 60.4 Å². The van der Waals surface area contributed by atoms with Crippen molar-refractivity contribution in [3.63, 3.8) is 0 Å². The first-order valence-corrected chi connectivity index (χ1v) is 15.3. The van der Waals surface area contributed by atoms with E-state index in [1.807, 2.05) is 62.7 Å². The molecule has 44 heavy (non-hydrogen) atoms. The summed E-state index contributed by atoms with van der Waals surface area (Å²) in [5, 5.41) is 19.3. The van der Waals surface area contributed by atoms with E-state index >= 15 is 4.39 Å². The second-order valence-corrected chi connectivity index (χ2v) is 11.3. The molecule has 1 aliphatic heterocycles. The van der Waals surface area contributed by atoms with Crippen molar-refractivity contribution < 1.29 is 19.0 Å². The standard InChI is InChI=1S/C35H42FN5O3/c1-6-10-26-25(7-2)11-8-13-30(26)44-22-9-12-27-28-14-15-29(36)32(31-23(3)38-39(5)24(31)4)33(28)41(34(27)35(42)43)21-20-40-18-16-37-17-19-40/h6-8,10-11,13-15,37H,2,9,12,16-22H2,1,3-5H3,(H,42,43)/b10-6-. The van der Waals surface area contributed by atoms with Gasteiger partial charge in [-0.15, -0.1) is 0 Å². The number of halogens is 1. The van der Waals surface area contributed by atoms with Gasteiger partial charge in [0.1, 0.15) is 17.3 Å². The zero-order valence-corrected chi connectivity index (χ0v) is 26.1. The maximum atomic E-state index is 15.9. The molecule has 2 aromatic heterocycles. The zero-order chi connectivity index (χ0) is 31.4. The molecular weight excluding hydrogens is 557 g/mol. The lowest BCUT2D eigenvalue weighted by Crippen LogP contribution is -2.44. The van der Waals surface area contributed by atoms with Crippen molar-refractivity contribution in [3.8, 4) is 16.9 Å². The summed E-state index contributed by atoms with van der Waals surface area (Å²) in [6.07, 6.45) is 6.82. The minimum Gasteiger partial charge on any atom is -0.493 e. The number of carboxylic acids is 1. The molecule has 5 rings (SSSR count). The van der Waals surface area contributed by atoms with Gasteiger partial charge in [-0.1, -0.05) is 36.9 Å². The molecule has 8 nitrogen and oxygen atoms in total. The van der Waals surface area contributed by atoms with E-state index in [9.17, 15) is 9.90 Å². The van der Waals surface area contributed by atoms with Crippen LogP contribution in [0.15, 0.2) is 43.0 Å². The van der Waals surface area contributed by atoms with Crippen LogP contribution in [0.25, 0.3) is 34.2 Å². The molecule has 2 aromatic carbocycles. The normalized spacial score (nSPS) is 14.1. The van der Waals surface area contributed by atoms with E-state index in [-0.39, 0.29) is 11.5 Å². The Morgan fingerprint density at radius 3 is 2.59 bits per heavy atom. The highest BCUT2D eigenvalue weighted by atomic mass is 19.1. The summed E-state index contributed by atoms with van der Waals surface area (Å²) in [5.74, 6) is -0.648. The zero-order valence-electron chi connectivity index (χ0n) is 26.1. The Kier molecular flexibility index (Phi) is 9.66. The second kappa shape index (κ2) is 13.6. The van der Waals surface area contributed by atoms with Crippen LogP contribution in [0.5, 0.6) is 5.75 Å². The molecular formula is C35H42FN5O3. The summed E-state index contributed by atoms with van der Waals surface area (Å²) in [4.78, 5) is 15.3. The van der Waals surface area contributed by atoms with Gasteiger partial charge in [-0.3, -0.25) is 9.58 Å². The number of carboxylic acid groups (broad SMARTS) is 1. The molecule has 0 unspecified atom stereocenters. The molecule has 0 atom stereocenters. The Labute approximate surface area is 258 Å². The van der Waals surface area contributed by atoms with E-state index in [4.69, 9.17) is 4.74 Å². The molecule has 0 spiro atoms. The van der Waals surface area contributed by atoms with Crippen LogP contribution < -0.4 is 10.1 Å². The van der Waals surface area contributed by atoms with Crippen molar-refractivity contribution in [2.75, 3.05) is 39.3 Å². The van der Waals surface area contributed by atoms with Gasteiger partial charge in [0.15, 0.2) is 0 Å². The van der Waals surface area contributed by atoms with E-state index < -0.39 is 5.97 Å². The van der Waals surface area contributed by atoms with Crippen LogP contribution in [0.3, 0.4) is 0 Å². The summed E-state index contributed by atoms with van der Waals surface area (Å²) in [6, 6.07) is 9.05. The molecule has 0 radical (unpaired) electrons. The number of fused-ring (bicyclic) bond motifs is 1. The molecule has 232 valence electrons. The van der Waals surface area contributed by atoms with Gasteiger partial charge in [0.25, 0.3) is 0 Å². The molecule has 0 aliphatic carbocycles.